The van der Waals surface area contributed by atoms with E-state index in [1.54, 1.807) is 6.92 Å². The lowest BCUT2D eigenvalue weighted by molar-refractivity contribution is -0.145. The maximum atomic E-state index is 12.4. The Labute approximate surface area is 181 Å². The summed E-state index contributed by atoms with van der Waals surface area (Å²) in [6.07, 6.45) is 16.4. The van der Waals surface area contributed by atoms with Crippen molar-refractivity contribution in [2.45, 2.75) is 116 Å². The first kappa shape index (κ1) is 24.5. The fourth-order valence-corrected chi connectivity index (χ4v) is 4.25. The topological polar surface area (TPSA) is 87.0 Å². The summed E-state index contributed by atoms with van der Waals surface area (Å²) in [6, 6.07) is 1.15. The molecule has 2 rings (SSSR count). The Morgan fingerprint density at radius 1 is 0.867 bits per heavy atom. The number of phenols is 2. The molecule has 1 aliphatic rings. The van der Waals surface area contributed by atoms with Crippen LogP contribution < -0.4 is 4.74 Å². The third-order valence-corrected chi connectivity index (χ3v) is 6.16. The molecular weight excluding hydrogens is 380 g/mol. The molecule has 0 spiro atoms. The van der Waals surface area contributed by atoms with Crippen molar-refractivity contribution < 1.29 is 24.9 Å². The van der Waals surface area contributed by atoms with Crippen LogP contribution in [0.5, 0.6) is 17.2 Å². The molecule has 1 aromatic rings. The van der Waals surface area contributed by atoms with E-state index in [0.717, 1.165) is 25.3 Å². The normalized spacial score (nSPS) is 18.3. The predicted octanol–water partition coefficient (Wildman–Crippen LogP) is 6.54. The van der Waals surface area contributed by atoms with E-state index in [1.807, 2.05) is 0 Å². The number of fused-ring (bicyclic) bond motifs is 1. The van der Waals surface area contributed by atoms with Crippen LogP contribution in [0.3, 0.4) is 0 Å². The third-order valence-electron chi connectivity index (χ3n) is 6.16. The molecule has 0 saturated carbocycles. The summed E-state index contributed by atoms with van der Waals surface area (Å²) in [5.74, 6) is -2.27. The Hall–Kier alpha value is -1.75. The fraction of sp³-hybridized carbons (Fsp3) is 0.720. The second kappa shape index (κ2) is 12.2. The van der Waals surface area contributed by atoms with Crippen LogP contribution in [0.25, 0.3) is 0 Å². The lowest BCUT2D eigenvalue weighted by Gasteiger charge is -2.34. The minimum atomic E-state index is -1.56. The van der Waals surface area contributed by atoms with Gasteiger partial charge in [-0.05, 0) is 13.3 Å². The van der Waals surface area contributed by atoms with E-state index in [2.05, 4.69) is 6.92 Å². The average Bonchev–Trinajstić information content (AvgIpc) is 2.69. The number of unbranched alkanes of at least 4 members (excludes halogenated alkanes) is 12. The van der Waals surface area contributed by atoms with Gasteiger partial charge in [0.1, 0.15) is 22.8 Å². The molecule has 1 aliphatic heterocycles. The molecule has 0 radical (unpaired) electrons. The standard InChI is InChI=1S/C25H40O5/c1-3-4-5-6-7-8-9-10-11-12-13-14-15-16-25(29)18-22(28)23-21(27)17-20(26)19(2)24(23)30-25/h17,26-27,29H,3-16,18H2,1-2H3. The van der Waals surface area contributed by atoms with E-state index in [4.69, 9.17) is 4.74 Å². The van der Waals surface area contributed by atoms with Crippen molar-refractivity contribution >= 4 is 5.78 Å². The molecule has 0 saturated heterocycles. The van der Waals surface area contributed by atoms with Crippen molar-refractivity contribution in [3.63, 3.8) is 0 Å². The molecule has 1 aromatic carbocycles. The van der Waals surface area contributed by atoms with E-state index in [1.165, 1.54) is 64.2 Å². The molecule has 0 aliphatic carbocycles. The highest BCUT2D eigenvalue weighted by Gasteiger charge is 2.41. The van der Waals surface area contributed by atoms with Gasteiger partial charge in [0.25, 0.3) is 0 Å². The number of rotatable bonds is 14. The highest BCUT2D eigenvalue weighted by Crippen LogP contribution is 2.44. The Bertz CT molecular complexity index is 685. The van der Waals surface area contributed by atoms with Crippen molar-refractivity contribution in [2.75, 3.05) is 0 Å². The molecule has 0 fully saturated rings. The van der Waals surface area contributed by atoms with Gasteiger partial charge in [-0.25, -0.2) is 0 Å². The molecule has 0 amide bonds. The Morgan fingerprint density at radius 2 is 1.37 bits per heavy atom. The maximum absolute atomic E-state index is 12.4. The van der Waals surface area contributed by atoms with Gasteiger partial charge < -0.3 is 20.1 Å². The average molecular weight is 421 g/mol. The summed E-state index contributed by atoms with van der Waals surface area (Å²) in [6.45, 7) is 3.86. The number of carbonyl (C=O) groups excluding carboxylic acids is 1. The summed E-state index contributed by atoms with van der Waals surface area (Å²) in [5, 5.41) is 30.6. The number of Topliss-reactive ketones (excluding diaryl/α,β-unsaturated/α-hetero) is 1. The van der Waals surface area contributed by atoms with Crippen LogP contribution in [-0.2, 0) is 0 Å². The number of aliphatic hydroxyl groups is 1. The smallest absolute Gasteiger partial charge is 0.215 e. The van der Waals surface area contributed by atoms with Crippen LogP contribution in [-0.4, -0.2) is 26.9 Å². The second-order valence-electron chi connectivity index (χ2n) is 8.88. The molecule has 0 bridgehead atoms. The van der Waals surface area contributed by atoms with E-state index < -0.39 is 5.79 Å². The first-order valence-electron chi connectivity index (χ1n) is 11.9. The summed E-state index contributed by atoms with van der Waals surface area (Å²) < 4.78 is 5.70. The third kappa shape index (κ3) is 7.19. The molecule has 5 nitrogen and oxygen atoms in total. The van der Waals surface area contributed by atoms with Gasteiger partial charge in [-0.1, -0.05) is 84.0 Å². The number of carbonyl (C=O) groups is 1. The van der Waals surface area contributed by atoms with Gasteiger partial charge in [-0.2, -0.15) is 0 Å². The summed E-state index contributed by atoms with van der Waals surface area (Å²) in [4.78, 5) is 12.4. The number of ketones is 1. The summed E-state index contributed by atoms with van der Waals surface area (Å²) in [5.41, 5.74) is 0.417. The van der Waals surface area contributed by atoms with Crippen LogP contribution >= 0.6 is 0 Å². The highest BCUT2D eigenvalue weighted by atomic mass is 16.6. The van der Waals surface area contributed by atoms with Gasteiger partial charge in [0.05, 0.1) is 6.42 Å². The van der Waals surface area contributed by atoms with Crippen molar-refractivity contribution in [1.29, 1.82) is 0 Å². The van der Waals surface area contributed by atoms with Crippen molar-refractivity contribution in [1.82, 2.24) is 0 Å². The van der Waals surface area contributed by atoms with Gasteiger partial charge in [0.2, 0.25) is 5.79 Å². The van der Waals surface area contributed by atoms with E-state index in [0.29, 0.717) is 12.0 Å². The fourth-order valence-electron chi connectivity index (χ4n) is 4.25. The van der Waals surface area contributed by atoms with E-state index in [-0.39, 0.29) is 35.0 Å². The zero-order valence-electron chi connectivity index (χ0n) is 18.8. The predicted molar refractivity (Wildman–Crippen MR) is 119 cm³/mol. The Morgan fingerprint density at radius 3 is 1.90 bits per heavy atom. The monoisotopic (exact) mass is 420 g/mol. The Balaban J connectivity index is 1.62. The van der Waals surface area contributed by atoms with Gasteiger partial charge in [-0.3, -0.25) is 4.79 Å². The first-order chi connectivity index (χ1) is 14.4. The number of hydrogen-bond donors (Lipinski definition) is 3. The van der Waals surface area contributed by atoms with Gasteiger partial charge in [0, 0.05) is 18.1 Å². The van der Waals surface area contributed by atoms with Crippen molar-refractivity contribution in [3.8, 4) is 17.2 Å². The number of ether oxygens (including phenoxy) is 1. The zero-order chi connectivity index (χ0) is 22.0. The molecule has 30 heavy (non-hydrogen) atoms. The van der Waals surface area contributed by atoms with Gasteiger partial charge >= 0.3 is 0 Å². The molecule has 1 atom stereocenters. The van der Waals surface area contributed by atoms with Crippen LogP contribution in [0.4, 0.5) is 0 Å². The molecule has 170 valence electrons. The lowest BCUT2D eigenvalue weighted by Crippen LogP contribution is -2.42. The Kier molecular flexibility index (Phi) is 9.96. The molecule has 5 heteroatoms. The largest absolute Gasteiger partial charge is 0.507 e. The number of hydrogen-bond acceptors (Lipinski definition) is 5. The molecule has 0 aromatic heterocycles. The van der Waals surface area contributed by atoms with Crippen LogP contribution in [0.15, 0.2) is 6.07 Å². The van der Waals surface area contributed by atoms with Crippen LogP contribution in [0.2, 0.25) is 0 Å². The van der Waals surface area contributed by atoms with E-state index >= 15 is 0 Å². The lowest BCUT2D eigenvalue weighted by atomic mass is 9.92. The van der Waals surface area contributed by atoms with Crippen molar-refractivity contribution in [2.24, 2.45) is 0 Å². The van der Waals surface area contributed by atoms with E-state index in [9.17, 15) is 20.1 Å². The van der Waals surface area contributed by atoms with Crippen molar-refractivity contribution in [3.05, 3.63) is 17.2 Å². The maximum Gasteiger partial charge on any atom is 0.215 e. The second-order valence-corrected chi connectivity index (χ2v) is 8.88. The minimum absolute atomic E-state index is 0.0559. The number of phenolic OH excluding ortho intramolecular Hbond substituents is 2. The number of benzene rings is 1. The number of aromatic hydroxyl groups is 2. The summed E-state index contributed by atoms with van der Waals surface area (Å²) >= 11 is 0. The molecule has 1 heterocycles. The highest BCUT2D eigenvalue weighted by molar-refractivity contribution is 6.03. The van der Waals surface area contributed by atoms with Gasteiger partial charge in [-0.15, -0.1) is 0 Å². The minimum Gasteiger partial charge on any atom is -0.507 e. The first-order valence-corrected chi connectivity index (χ1v) is 11.9. The van der Waals surface area contributed by atoms with Crippen LogP contribution in [0, 0.1) is 6.92 Å². The van der Waals surface area contributed by atoms with Crippen LogP contribution in [0.1, 0.15) is 119 Å². The zero-order valence-corrected chi connectivity index (χ0v) is 18.8. The quantitative estimate of drug-likeness (QED) is 0.297. The SMILES string of the molecule is CCCCCCCCCCCCCCCC1(O)CC(=O)c2c(O)cc(O)c(C)c2O1. The molecule has 1 unspecified atom stereocenters. The molecular formula is C25H40O5. The van der Waals surface area contributed by atoms with Gasteiger partial charge in [0.15, 0.2) is 5.78 Å². The summed E-state index contributed by atoms with van der Waals surface area (Å²) in [7, 11) is 0. The molecule has 3 N–H and O–H groups in total.